The molecule has 5 heteroatoms. The number of hydrogen-bond donors (Lipinski definition) is 2. The Morgan fingerprint density at radius 1 is 1.00 bits per heavy atom. The van der Waals surface area contributed by atoms with Crippen LogP contribution >= 0.6 is 0 Å². The first-order valence-electron chi connectivity index (χ1n) is 9.41. The van der Waals surface area contributed by atoms with Crippen molar-refractivity contribution in [3.63, 3.8) is 0 Å². The number of carbonyl (C=O) groups is 2. The van der Waals surface area contributed by atoms with Gasteiger partial charge in [0.2, 0.25) is 0 Å². The first-order chi connectivity index (χ1) is 13.0. The Balaban J connectivity index is 2.10. The molecule has 27 heavy (non-hydrogen) atoms. The lowest BCUT2D eigenvalue weighted by molar-refractivity contribution is -0.122. The summed E-state index contributed by atoms with van der Waals surface area (Å²) in [6.07, 6.45) is 0.967. The molecule has 0 aliphatic rings. The highest BCUT2D eigenvalue weighted by Gasteiger charge is 2.19. The van der Waals surface area contributed by atoms with Gasteiger partial charge in [0.1, 0.15) is 5.75 Å². The molecule has 0 spiro atoms. The number of aryl methyl sites for hydroxylation is 1. The predicted molar refractivity (Wildman–Crippen MR) is 108 cm³/mol. The van der Waals surface area contributed by atoms with Crippen molar-refractivity contribution in [3.8, 4) is 5.75 Å². The Morgan fingerprint density at radius 3 is 2.37 bits per heavy atom. The van der Waals surface area contributed by atoms with Crippen molar-refractivity contribution < 1.29 is 14.3 Å². The van der Waals surface area contributed by atoms with E-state index in [1.807, 2.05) is 45.0 Å². The second kappa shape index (κ2) is 9.76. The fourth-order valence-corrected chi connectivity index (χ4v) is 2.58. The third-order valence-corrected chi connectivity index (χ3v) is 4.45. The zero-order valence-corrected chi connectivity index (χ0v) is 16.4. The van der Waals surface area contributed by atoms with Gasteiger partial charge in [-0.2, -0.15) is 0 Å². The second-order valence-electron chi connectivity index (χ2n) is 6.54. The van der Waals surface area contributed by atoms with Gasteiger partial charge < -0.3 is 15.4 Å². The molecule has 2 N–H and O–H groups in total. The Labute approximate surface area is 161 Å². The molecule has 0 aliphatic carbocycles. The van der Waals surface area contributed by atoms with Crippen molar-refractivity contribution in [3.05, 3.63) is 59.7 Å². The summed E-state index contributed by atoms with van der Waals surface area (Å²) < 4.78 is 5.84. The van der Waals surface area contributed by atoms with Crippen molar-refractivity contribution in [2.24, 2.45) is 0 Å². The fourth-order valence-electron chi connectivity index (χ4n) is 2.58. The van der Waals surface area contributed by atoms with E-state index in [4.69, 9.17) is 4.74 Å². The van der Waals surface area contributed by atoms with E-state index >= 15 is 0 Å². The molecule has 2 amide bonds. The SMILES string of the molecule is CCc1ccccc1O[C@H](C)C(=O)Nc1ccccc1C(=O)N[C@@H](C)CC. The minimum Gasteiger partial charge on any atom is -0.481 e. The molecule has 0 aliphatic heterocycles. The van der Waals surface area contributed by atoms with E-state index in [1.165, 1.54) is 0 Å². The van der Waals surface area contributed by atoms with Crippen LogP contribution in [0.25, 0.3) is 0 Å². The molecule has 0 saturated carbocycles. The van der Waals surface area contributed by atoms with Crippen LogP contribution in [-0.2, 0) is 11.2 Å². The maximum absolute atomic E-state index is 12.6. The molecule has 0 fully saturated rings. The van der Waals surface area contributed by atoms with Gasteiger partial charge in [-0.15, -0.1) is 0 Å². The van der Waals surface area contributed by atoms with Crippen LogP contribution in [0.1, 0.15) is 50.0 Å². The lowest BCUT2D eigenvalue weighted by Crippen LogP contribution is -2.34. The number of para-hydroxylation sites is 2. The molecule has 2 aromatic rings. The number of anilines is 1. The van der Waals surface area contributed by atoms with Gasteiger partial charge in [0.05, 0.1) is 11.3 Å². The molecule has 0 saturated heterocycles. The number of hydrogen-bond acceptors (Lipinski definition) is 3. The molecular weight excluding hydrogens is 340 g/mol. The van der Waals surface area contributed by atoms with Crippen LogP contribution < -0.4 is 15.4 Å². The highest BCUT2D eigenvalue weighted by Crippen LogP contribution is 2.21. The Hall–Kier alpha value is -2.82. The topological polar surface area (TPSA) is 67.4 Å². The van der Waals surface area contributed by atoms with Crippen LogP contribution in [0, 0.1) is 0 Å². The van der Waals surface area contributed by atoms with Gasteiger partial charge in [-0.1, -0.05) is 44.2 Å². The van der Waals surface area contributed by atoms with Gasteiger partial charge in [-0.25, -0.2) is 0 Å². The summed E-state index contributed by atoms with van der Waals surface area (Å²) in [6, 6.07) is 14.7. The normalized spacial score (nSPS) is 12.7. The van der Waals surface area contributed by atoms with Crippen LogP contribution in [0.4, 0.5) is 5.69 Å². The van der Waals surface area contributed by atoms with E-state index in [9.17, 15) is 9.59 Å². The molecule has 144 valence electrons. The zero-order chi connectivity index (χ0) is 19.8. The fraction of sp³-hybridized carbons (Fsp3) is 0.364. The molecule has 0 heterocycles. The van der Waals surface area contributed by atoms with Crippen LogP contribution in [0.15, 0.2) is 48.5 Å². The summed E-state index contributed by atoms with van der Waals surface area (Å²) in [6.45, 7) is 7.69. The maximum atomic E-state index is 12.6. The lowest BCUT2D eigenvalue weighted by Gasteiger charge is -2.18. The molecule has 0 radical (unpaired) electrons. The summed E-state index contributed by atoms with van der Waals surface area (Å²) in [7, 11) is 0. The Morgan fingerprint density at radius 2 is 1.67 bits per heavy atom. The monoisotopic (exact) mass is 368 g/mol. The second-order valence-corrected chi connectivity index (χ2v) is 6.54. The first-order valence-corrected chi connectivity index (χ1v) is 9.41. The molecule has 5 nitrogen and oxygen atoms in total. The highest BCUT2D eigenvalue weighted by atomic mass is 16.5. The molecule has 2 atom stereocenters. The van der Waals surface area contributed by atoms with E-state index in [0.29, 0.717) is 17.0 Å². The minimum atomic E-state index is -0.691. The van der Waals surface area contributed by atoms with Crippen molar-refractivity contribution >= 4 is 17.5 Å². The average Bonchev–Trinajstić information content (AvgIpc) is 2.68. The third-order valence-electron chi connectivity index (χ3n) is 4.45. The number of benzene rings is 2. The quantitative estimate of drug-likeness (QED) is 0.734. The van der Waals surface area contributed by atoms with E-state index in [2.05, 4.69) is 10.6 Å². The number of rotatable bonds is 8. The molecule has 0 bridgehead atoms. The predicted octanol–water partition coefficient (Wildman–Crippen LogP) is 4.18. The van der Waals surface area contributed by atoms with Gasteiger partial charge in [0.15, 0.2) is 6.10 Å². The van der Waals surface area contributed by atoms with E-state index in [0.717, 1.165) is 18.4 Å². The van der Waals surface area contributed by atoms with Crippen molar-refractivity contribution in [1.82, 2.24) is 5.32 Å². The van der Waals surface area contributed by atoms with E-state index in [1.54, 1.807) is 31.2 Å². The summed E-state index contributed by atoms with van der Waals surface area (Å²) >= 11 is 0. The van der Waals surface area contributed by atoms with Gasteiger partial charge in [0.25, 0.3) is 11.8 Å². The molecule has 2 rings (SSSR count). The number of nitrogens with one attached hydrogen (secondary N) is 2. The van der Waals surface area contributed by atoms with Gasteiger partial charge in [-0.05, 0) is 50.5 Å². The highest BCUT2D eigenvalue weighted by molar-refractivity contribution is 6.04. The van der Waals surface area contributed by atoms with Crippen LogP contribution in [0.2, 0.25) is 0 Å². The summed E-state index contributed by atoms with van der Waals surface area (Å²) in [5.74, 6) is 0.195. The van der Waals surface area contributed by atoms with Gasteiger partial charge >= 0.3 is 0 Å². The summed E-state index contributed by atoms with van der Waals surface area (Å²) in [5, 5.41) is 5.74. The van der Waals surface area contributed by atoms with Crippen molar-refractivity contribution in [2.45, 2.75) is 52.7 Å². The summed E-state index contributed by atoms with van der Waals surface area (Å²) in [4.78, 5) is 25.1. The number of amides is 2. The van der Waals surface area contributed by atoms with Crippen LogP contribution in [-0.4, -0.2) is 24.0 Å². The van der Waals surface area contributed by atoms with Crippen LogP contribution in [0.5, 0.6) is 5.75 Å². The number of carbonyl (C=O) groups excluding carboxylic acids is 2. The lowest BCUT2D eigenvalue weighted by atomic mass is 10.1. The Bertz CT molecular complexity index is 789. The maximum Gasteiger partial charge on any atom is 0.265 e. The summed E-state index contributed by atoms with van der Waals surface area (Å²) in [5.41, 5.74) is 1.96. The van der Waals surface area contributed by atoms with Crippen molar-refractivity contribution in [1.29, 1.82) is 0 Å². The first kappa shape index (κ1) is 20.5. The van der Waals surface area contributed by atoms with Gasteiger partial charge in [0, 0.05) is 6.04 Å². The van der Waals surface area contributed by atoms with E-state index in [-0.39, 0.29) is 17.9 Å². The third kappa shape index (κ3) is 5.58. The smallest absolute Gasteiger partial charge is 0.265 e. The van der Waals surface area contributed by atoms with Crippen LogP contribution in [0.3, 0.4) is 0 Å². The standard InChI is InChI=1S/C22H28N2O3/c1-5-15(3)23-22(26)18-12-8-9-13-19(18)24-21(25)16(4)27-20-14-10-7-11-17(20)6-2/h7-16H,5-6H2,1-4H3,(H,23,26)(H,24,25)/t15-,16+/m0/s1. The minimum absolute atomic E-state index is 0.0639. The molecule has 0 unspecified atom stereocenters. The van der Waals surface area contributed by atoms with Gasteiger partial charge in [-0.3, -0.25) is 9.59 Å². The molecule has 2 aromatic carbocycles. The molecule has 0 aromatic heterocycles. The largest absolute Gasteiger partial charge is 0.481 e. The van der Waals surface area contributed by atoms with E-state index < -0.39 is 6.10 Å². The zero-order valence-electron chi connectivity index (χ0n) is 16.4. The molecular formula is C22H28N2O3. The number of ether oxygens (including phenoxy) is 1. The average molecular weight is 368 g/mol. The Kier molecular flexibility index (Phi) is 7.41. The van der Waals surface area contributed by atoms with Crippen molar-refractivity contribution in [2.75, 3.05) is 5.32 Å².